The molecule has 2 fully saturated rings. The lowest BCUT2D eigenvalue weighted by Crippen LogP contribution is -2.52. The molecule has 1 aromatic rings. The number of rotatable bonds is 6. The van der Waals surface area contributed by atoms with Crippen molar-refractivity contribution in [2.45, 2.75) is 38.8 Å². The smallest absolute Gasteiger partial charge is 0.194 e. The predicted octanol–water partition coefficient (Wildman–Crippen LogP) is 2.27. The van der Waals surface area contributed by atoms with Gasteiger partial charge in [0.15, 0.2) is 5.96 Å². The Morgan fingerprint density at radius 2 is 1.96 bits per heavy atom. The maximum atomic E-state index is 5.85. The standard InChI is InChI=1S/C22H36N4O2/c1-4-23-21(24-18-22(27-3)8-14-28-15-9-22)26-12-10-25(11-13-26)17-20-7-5-6-19(2)16-20/h5-7,16H,4,8-15,17-18H2,1-3H3,(H,23,24). The Labute approximate surface area is 169 Å². The third-order valence-electron chi connectivity index (χ3n) is 5.85. The summed E-state index contributed by atoms with van der Waals surface area (Å²) in [6.07, 6.45) is 1.83. The van der Waals surface area contributed by atoms with Crippen LogP contribution in [0.1, 0.15) is 30.9 Å². The van der Waals surface area contributed by atoms with Crippen LogP contribution in [0, 0.1) is 6.92 Å². The Hall–Kier alpha value is -1.63. The van der Waals surface area contributed by atoms with Gasteiger partial charge in [-0.2, -0.15) is 0 Å². The highest BCUT2D eigenvalue weighted by Gasteiger charge is 2.32. The number of hydrogen-bond donors (Lipinski definition) is 1. The fraction of sp³-hybridized carbons (Fsp3) is 0.682. The first-order valence-electron chi connectivity index (χ1n) is 10.6. The molecule has 3 rings (SSSR count). The topological polar surface area (TPSA) is 49.3 Å². The Balaban J connectivity index is 1.56. The average Bonchev–Trinajstić information content (AvgIpc) is 2.72. The Kier molecular flexibility index (Phi) is 7.71. The molecule has 1 aromatic carbocycles. The maximum absolute atomic E-state index is 5.85. The number of ether oxygens (including phenoxy) is 2. The summed E-state index contributed by atoms with van der Waals surface area (Å²) in [4.78, 5) is 9.88. The van der Waals surface area contributed by atoms with E-state index in [1.165, 1.54) is 11.1 Å². The maximum Gasteiger partial charge on any atom is 0.194 e. The number of aryl methyl sites for hydroxylation is 1. The van der Waals surface area contributed by atoms with E-state index < -0.39 is 0 Å². The van der Waals surface area contributed by atoms with E-state index in [0.717, 1.165) is 71.3 Å². The van der Waals surface area contributed by atoms with Gasteiger partial charge in [-0.05, 0) is 19.4 Å². The number of aliphatic imine (C=N–C) groups is 1. The van der Waals surface area contributed by atoms with E-state index in [1.54, 1.807) is 7.11 Å². The molecule has 6 nitrogen and oxygen atoms in total. The first-order valence-corrected chi connectivity index (χ1v) is 10.6. The Morgan fingerprint density at radius 1 is 1.21 bits per heavy atom. The highest BCUT2D eigenvalue weighted by atomic mass is 16.5. The molecule has 2 saturated heterocycles. The van der Waals surface area contributed by atoms with Gasteiger partial charge in [0.05, 0.1) is 12.1 Å². The van der Waals surface area contributed by atoms with Crippen LogP contribution in [-0.4, -0.2) is 81.0 Å². The van der Waals surface area contributed by atoms with Crippen LogP contribution in [0.5, 0.6) is 0 Å². The second-order valence-corrected chi connectivity index (χ2v) is 7.92. The number of piperazine rings is 1. The zero-order valence-corrected chi connectivity index (χ0v) is 17.7. The minimum Gasteiger partial charge on any atom is -0.381 e. The molecule has 0 radical (unpaired) electrons. The second kappa shape index (κ2) is 10.2. The Bertz CT molecular complexity index is 635. The van der Waals surface area contributed by atoms with Crippen molar-refractivity contribution < 1.29 is 9.47 Å². The molecule has 0 aromatic heterocycles. The van der Waals surface area contributed by atoms with E-state index in [4.69, 9.17) is 14.5 Å². The number of nitrogens with zero attached hydrogens (tertiary/aromatic N) is 3. The molecule has 0 saturated carbocycles. The van der Waals surface area contributed by atoms with Gasteiger partial charge < -0.3 is 19.7 Å². The van der Waals surface area contributed by atoms with E-state index in [-0.39, 0.29) is 5.60 Å². The van der Waals surface area contributed by atoms with Gasteiger partial charge >= 0.3 is 0 Å². The molecule has 0 amide bonds. The number of guanidine groups is 1. The molecule has 0 aliphatic carbocycles. The minimum atomic E-state index is -0.175. The number of nitrogens with one attached hydrogen (secondary N) is 1. The molecule has 2 aliphatic rings. The molecule has 156 valence electrons. The Morgan fingerprint density at radius 3 is 2.61 bits per heavy atom. The van der Waals surface area contributed by atoms with Gasteiger partial charge in [0.25, 0.3) is 0 Å². The molecule has 0 unspecified atom stereocenters. The predicted molar refractivity (Wildman–Crippen MR) is 114 cm³/mol. The van der Waals surface area contributed by atoms with Crippen molar-refractivity contribution in [2.75, 3.05) is 59.6 Å². The van der Waals surface area contributed by atoms with Crippen LogP contribution < -0.4 is 5.32 Å². The first kappa shape index (κ1) is 21.1. The van der Waals surface area contributed by atoms with Gasteiger partial charge in [-0.3, -0.25) is 9.89 Å². The van der Waals surface area contributed by atoms with Crippen LogP contribution >= 0.6 is 0 Å². The van der Waals surface area contributed by atoms with Crippen molar-refractivity contribution in [1.29, 1.82) is 0 Å². The van der Waals surface area contributed by atoms with Crippen molar-refractivity contribution >= 4 is 5.96 Å². The van der Waals surface area contributed by atoms with Gasteiger partial charge in [0, 0.05) is 72.4 Å². The highest BCUT2D eigenvalue weighted by molar-refractivity contribution is 5.80. The van der Waals surface area contributed by atoms with E-state index >= 15 is 0 Å². The normalized spacial score (nSPS) is 21.0. The summed E-state index contributed by atoms with van der Waals surface area (Å²) >= 11 is 0. The van der Waals surface area contributed by atoms with Crippen molar-refractivity contribution in [3.8, 4) is 0 Å². The van der Waals surface area contributed by atoms with E-state index in [2.05, 4.69) is 53.2 Å². The molecule has 1 N–H and O–H groups in total. The fourth-order valence-corrected chi connectivity index (χ4v) is 4.00. The molecular weight excluding hydrogens is 352 g/mol. The summed E-state index contributed by atoms with van der Waals surface area (Å²) in [5, 5.41) is 3.48. The average molecular weight is 389 g/mol. The SMILES string of the molecule is CCNC(=NCC1(OC)CCOCC1)N1CCN(Cc2cccc(C)c2)CC1. The minimum absolute atomic E-state index is 0.175. The van der Waals surface area contributed by atoms with E-state index in [0.29, 0.717) is 6.54 Å². The van der Waals surface area contributed by atoms with Crippen LogP contribution in [0.4, 0.5) is 0 Å². The van der Waals surface area contributed by atoms with Gasteiger partial charge in [0.2, 0.25) is 0 Å². The van der Waals surface area contributed by atoms with Gasteiger partial charge in [-0.25, -0.2) is 0 Å². The molecule has 2 heterocycles. The summed E-state index contributed by atoms with van der Waals surface area (Å²) in [5.74, 6) is 1.01. The van der Waals surface area contributed by atoms with Crippen molar-refractivity contribution in [1.82, 2.24) is 15.1 Å². The second-order valence-electron chi connectivity index (χ2n) is 7.92. The van der Waals surface area contributed by atoms with Gasteiger partial charge in [-0.1, -0.05) is 29.8 Å². The monoisotopic (exact) mass is 388 g/mol. The largest absolute Gasteiger partial charge is 0.381 e. The zero-order chi connectivity index (χ0) is 19.8. The lowest BCUT2D eigenvalue weighted by Gasteiger charge is -2.38. The van der Waals surface area contributed by atoms with Gasteiger partial charge in [0.1, 0.15) is 0 Å². The third-order valence-corrected chi connectivity index (χ3v) is 5.85. The molecule has 0 atom stereocenters. The zero-order valence-electron chi connectivity index (χ0n) is 17.7. The molecule has 2 aliphatic heterocycles. The summed E-state index contributed by atoms with van der Waals surface area (Å²) in [7, 11) is 1.80. The van der Waals surface area contributed by atoms with Crippen LogP contribution in [-0.2, 0) is 16.0 Å². The lowest BCUT2D eigenvalue weighted by molar-refractivity contribution is -0.0829. The molecular formula is C22H36N4O2. The summed E-state index contributed by atoms with van der Waals surface area (Å²) in [6.45, 7) is 12.5. The summed E-state index contributed by atoms with van der Waals surface area (Å²) in [6, 6.07) is 8.82. The fourth-order valence-electron chi connectivity index (χ4n) is 4.00. The third kappa shape index (κ3) is 5.69. The van der Waals surface area contributed by atoms with Crippen molar-refractivity contribution in [3.05, 3.63) is 35.4 Å². The quantitative estimate of drug-likeness (QED) is 0.598. The van der Waals surface area contributed by atoms with Crippen LogP contribution in [0.25, 0.3) is 0 Å². The summed E-state index contributed by atoms with van der Waals surface area (Å²) < 4.78 is 11.4. The molecule has 0 spiro atoms. The number of benzene rings is 1. The number of hydrogen-bond acceptors (Lipinski definition) is 4. The van der Waals surface area contributed by atoms with Crippen molar-refractivity contribution in [2.24, 2.45) is 4.99 Å². The van der Waals surface area contributed by atoms with Crippen LogP contribution in [0.15, 0.2) is 29.3 Å². The van der Waals surface area contributed by atoms with Crippen LogP contribution in [0.3, 0.4) is 0 Å². The lowest BCUT2D eigenvalue weighted by atomic mass is 9.94. The van der Waals surface area contributed by atoms with Gasteiger partial charge in [-0.15, -0.1) is 0 Å². The molecule has 28 heavy (non-hydrogen) atoms. The highest BCUT2D eigenvalue weighted by Crippen LogP contribution is 2.25. The molecule has 6 heteroatoms. The van der Waals surface area contributed by atoms with Crippen LogP contribution in [0.2, 0.25) is 0 Å². The first-order chi connectivity index (χ1) is 13.6. The van der Waals surface area contributed by atoms with E-state index in [1.807, 2.05) is 0 Å². The van der Waals surface area contributed by atoms with Crippen molar-refractivity contribution in [3.63, 3.8) is 0 Å². The molecule has 0 bridgehead atoms. The van der Waals surface area contributed by atoms with E-state index in [9.17, 15) is 0 Å². The summed E-state index contributed by atoms with van der Waals surface area (Å²) in [5.41, 5.74) is 2.56. The number of methoxy groups -OCH3 is 1.